The summed E-state index contributed by atoms with van der Waals surface area (Å²) < 4.78 is 13.1. The number of rotatable bonds is 13. The van der Waals surface area contributed by atoms with Crippen LogP contribution in [0.1, 0.15) is 69.9 Å². The van der Waals surface area contributed by atoms with Crippen molar-refractivity contribution in [2.24, 2.45) is 0 Å². The number of alkyl halides is 6. The van der Waals surface area contributed by atoms with E-state index in [1.807, 2.05) is 0 Å². The fourth-order valence-corrected chi connectivity index (χ4v) is 5.65. The molecule has 6 nitrogen and oxygen atoms in total. The molecule has 0 fully saturated rings. The Balaban J connectivity index is 3.44. The number of hydrogen-bond donors (Lipinski definition) is 3. The number of amides is 1. The fraction of sp³-hybridized carbons (Fsp3) is 0.650. The Morgan fingerprint density at radius 1 is 0.970 bits per heavy atom. The molecule has 1 amide bonds. The molecule has 0 heterocycles. The highest BCUT2D eigenvalue weighted by Gasteiger charge is 2.53. The number of carbonyl (C=O) groups excluding carboxylic acids is 1. The smallest absolute Gasteiger partial charge is 0.346 e. The molecule has 0 spiro atoms. The maximum Gasteiger partial charge on any atom is 0.470 e. The third kappa shape index (κ3) is 13.4. The Bertz CT molecular complexity index is 765. The first-order chi connectivity index (χ1) is 15.1. The standard InChI is InChI=1S/C20H28Cl6NO5P/c1-2-3-4-5-9-12-16(28)27-17(15-10-7-6-8-11-15)18(13-19(21,22)23,14-20(24,25)26)32-33(29,30)31/h6-8,10-11,17H,2-5,9,12-14H2,1H3,(H,27,28)(H2,29,30,31)/t17-/m1/s1. The lowest BCUT2D eigenvalue weighted by atomic mass is 9.83. The molecular weight excluding hydrogens is 578 g/mol. The quantitative estimate of drug-likeness (QED) is 0.122. The molecular formula is C20H28Cl6NO5P. The van der Waals surface area contributed by atoms with Crippen LogP contribution in [0.4, 0.5) is 0 Å². The first-order valence-corrected chi connectivity index (χ1v) is 14.1. The van der Waals surface area contributed by atoms with Crippen LogP contribution in [-0.4, -0.2) is 28.9 Å². The van der Waals surface area contributed by atoms with Gasteiger partial charge in [0.15, 0.2) is 7.59 Å². The summed E-state index contributed by atoms with van der Waals surface area (Å²) in [6.45, 7) is 2.09. The molecule has 0 aromatic heterocycles. The van der Waals surface area contributed by atoms with Crippen molar-refractivity contribution in [2.45, 2.75) is 77.5 Å². The number of phosphoric acid groups is 1. The molecule has 33 heavy (non-hydrogen) atoms. The van der Waals surface area contributed by atoms with E-state index in [4.69, 9.17) is 74.1 Å². The van der Waals surface area contributed by atoms with Crippen LogP contribution in [0, 0.1) is 0 Å². The number of unbranched alkanes of at least 4 members (excludes halogenated alkanes) is 4. The lowest BCUT2D eigenvalue weighted by Gasteiger charge is -2.44. The third-order valence-electron chi connectivity index (χ3n) is 4.77. The molecule has 0 saturated heterocycles. The molecule has 190 valence electrons. The van der Waals surface area contributed by atoms with Crippen LogP contribution in [0.3, 0.4) is 0 Å². The average molecular weight is 606 g/mol. The highest BCUT2D eigenvalue weighted by molar-refractivity contribution is 7.46. The van der Waals surface area contributed by atoms with Crippen LogP contribution in [-0.2, 0) is 13.9 Å². The summed E-state index contributed by atoms with van der Waals surface area (Å²) in [5.74, 6) is -0.382. The van der Waals surface area contributed by atoms with E-state index in [1.165, 1.54) is 0 Å². The summed E-state index contributed by atoms with van der Waals surface area (Å²) in [6, 6.07) is 7.12. The SMILES string of the molecule is CCCCCCCC(=O)N[C@H](c1ccccc1)C(CC(Cl)(Cl)Cl)(CC(Cl)(Cl)Cl)OP(=O)(O)O. The molecule has 1 aromatic carbocycles. The van der Waals surface area contributed by atoms with Gasteiger partial charge >= 0.3 is 7.82 Å². The van der Waals surface area contributed by atoms with E-state index >= 15 is 0 Å². The van der Waals surface area contributed by atoms with E-state index in [0.29, 0.717) is 12.0 Å². The Morgan fingerprint density at radius 2 is 1.48 bits per heavy atom. The minimum atomic E-state index is -5.21. The van der Waals surface area contributed by atoms with Gasteiger partial charge in [0.25, 0.3) is 0 Å². The van der Waals surface area contributed by atoms with Gasteiger partial charge < -0.3 is 15.1 Å². The maximum atomic E-state index is 12.8. The number of halogens is 6. The summed E-state index contributed by atoms with van der Waals surface area (Å²) in [4.78, 5) is 32.3. The highest BCUT2D eigenvalue weighted by atomic mass is 35.6. The van der Waals surface area contributed by atoms with Gasteiger partial charge in [0.2, 0.25) is 5.91 Å². The molecule has 0 unspecified atom stereocenters. The average Bonchev–Trinajstić information content (AvgIpc) is 2.62. The summed E-state index contributed by atoms with van der Waals surface area (Å²) >= 11 is 36.2. The molecule has 1 rings (SSSR count). The number of benzene rings is 1. The zero-order valence-corrected chi connectivity index (χ0v) is 23.4. The van der Waals surface area contributed by atoms with E-state index in [0.717, 1.165) is 25.7 Å². The molecule has 1 atom stereocenters. The lowest BCUT2D eigenvalue weighted by molar-refractivity contribution is -0.124. The zero-order chi connectivity index (χ0) is 25.3. The predicted molar refractivity (Wildman–Crippen MR) is 136 cm³/mol. The number of hydrogen-bond acceptors (Lipinski definition) is 3. The number of carbonyl (C=O) groups is 1. The second-order valence-corrected chi connectivity index (χ2v) is 14.0. The van der Waals surface area contributed by atoms with Gasteiger partial charge in [-0.2, -0.15) is 0 Å². The first-order valence-electron chi connectivity index (χ1n) is 10.3. The van der Waals surface area contributed by atoms with Crippen molar-refractivity contribution >= 4 is 83.3 Å². The Hall–Kier alpha value is 0.540. The molecule has 3 N–H and O–H groups in total. The van der Waals surface area contributed by atoms with E-state index in [-0.39, 0.29) is 12.3 Å². The van der Waals surface area contributed by atoms with Gasteiger partial charge in [0.1, 0.15) is 5.60 Å². The number of phosphoric ester groups is 1. The van der Waals surface area contributed by atoms with Gasteiger partial charge in [-0.3, -0.25) is 9.32 Å². The molecule has 0 radical (unpaired) electrons. The molecule has 0 aliphatic heterocycles. The van der Waals surface area contributed by atoms with E-state index in [2.05, 4.69) is 12.2 Å². The summed E-state index contributed by atoms with van der Waals surface area (Å²) in [5.41, 5.74) is -1.66. The van der Waals surface area contributed by atoms with Crippen molar-refractivity contribution in [3.05, 3.63) is 35.9 Å². The van der Waals surface area contributed by atoms with E-state index in [9.17, 15) is 19.1 Å². The lowest BCUT2D eigenvalue weighted by Crippen LogP contribution is -2.51. The first kappa shape index (κ1) is 31.6. The van der Waals surface area contributed by atoms with Gasteiger partial charge in [-0.15, -0.1) is 0 Å². The van der Waals surface area contributed by atoms with Crippen molar-refractivity contribution in [2.75, 3.05) is 0 Å². The van der Waals surface area contributed by atoms with Crippen LogP contribution < -0.4 is 5.32 Å². The van der Waals surface area contributed by atoms with Crippen LogP contribution in [0.15, 0.2) is 30.3 Å². The van der Waals surface area contributed by atoms with E-state index < -0.39 is 39.9 Å². The van der Waals surface area contributed by atoms with Gasteiger partial charge in [-0.05, 0) is 12.0 Å². The van der Waals surface area contributed by atoms with Crippen molar-refractivity contribution in [3.63, 3.8) is 0 Å². The minimum Gasteiger partial charge on any atom is -0.346 e. The maximum absolute atomic E-state index is 12.8. The van der Waals surface area contributed by atoms with Crippen LogP contribution in [0.2, 0.25) is 0 Å². The Kier molecular flexibility index (Phi) is 13.1. The van der Waals surface area contributed by atoms with Crippen LogP contribution in [0.25, 0.3) is 0 Å². The number of nitrogens with one attached hydrogen (secondary N) is 1. The van der Waals surface area contributed by atoms with Crippen LogP contribution in [0.5, 0.6) is 0 Å². The topological polar surface area (TPSA) is 95.9 Å². The fourth-order valence-electron chi connectivity index (χ4n) is 3.59. The molecule has 0 aliphatic rings. The Morgan fingerprint density at radius 3 is 1.94 bits per heavy atom. The van der Waals surface area contributed by atoms with Gasteiger partial charge in [-0.25, -0.2) is 4.57 Å². The molecule has 0 aliphatic carbocycles. The monoisotopic (exact) mass is 603 g/mol. The van der Waals surface area contributed by atoms with Crippen molar-refractivity contribution in [1.82, 2.24) is 5.32 Å². The summed E-state index contributed by atoms with van der Waals surface area (Å²) in [7, 11) is -5.21. The van der Waals surface area contributed by atoms with Crippen molar-refractivity contribution < 1.29 is 23.7 Å². The molecule has 1 aromatic rings. The molecule has 0 bridgehead atoms. The highest BCUT2D eigenvalue weighted by Crippen LogP contribution is 2.56. The van der Waals surface area contributed by atoms with E-state index in [1.54, 1.807) is 30.3 Å². The summed E-state index contributed by atoms with van der Waals surface area (Å²) in [5, 5.41) is 2.77. The van der Waals surface area contributed by atoms with Crippen molar-refractivity contribution in [3.8, 4) is 0 Å². The minimum absolute atomic E-state index is 0.181. The molecule has 13 heteroatoms. The van der Waals surface area contributed by atoms with Gasteiger partial charge in [0, 0.05) is 19.3 Å². The Labute approximate surface area is 224 Å². The van der Waals surface area contributed by atoms with Gasteiger partial charge in [0.05, 0.1) is 6.04 Å². The zero-order valence-electron chi connectivity index (χ0n) is 18.0. The predicted octanol–water partition coefficient (Wildman–Crippen LogP) is 7.57. The third-order valence-corrected chi connectivity index (χ3v) is 6.18. The normalized spacial score (nSPS) is 14.2. The van der Waals surface area contributed by atoms with Crippen LogP contribution >= 0.6 is 77.4 Å². The van der Waals surface area contributed by atoms with Crippen molar-refractivity contribution in [1.29, 1.82) is 0 Å². The molecule has 0 saturated carbocycles. The second kappa shape index (κ2) is 13.7. The summed E-state index contributed by atoms with van der Waals surface area (Å²) in [6.07, 6.45) is 3.62. The largest absolute Gasteiger partial charge is 0.470 e. The second-order valence-electron chi connectivity index (χ2n) is 7.81. The van der Waals surface area contributed by atoms with Gasteiger partial charge in [-0.1, -0.05) is 133 Å².